The Morgan fingerprint density at radius 2 is 1.59 bits per heavy atom. The SMILES string of the molecule is COc1ccc(OC)c(NC(=O)CN(Cc2ccccc2)S(=O)(=O)c2cc(Cl)ccc2OC)c1. The summed E-state index contributed by atoms with van der Waals surface area (Å²) < 4.78 is 44.1. The molecule has 8 nitrogen and oxygen atoms in total. The van der Waals surface area contributed by atoms with Gasteiger partial charge in [0.15, 0.2) is 0 Å². The van der Waals surface area contributed by atoms with Crippen molar-refractivity contribution in [1.82, 2.24) is 4.31 Å². The molecule has 1 amide bonds. The Bertz CT molecular complexity index is 1250. The molecule has 0 aliphatic carbocycles. The maximum absolute atomic E-state index is 13.6. The van der Waals surface area contributed by atoms with Crippen molar-refractivity contribution in [1.29, 1.82) is 0 Å². The largest absolute Gasteiger partial charge is 0.497 e. The van der Waals surface area contributed by atoms with E-state index in [-0.39, 0.29) is 22.2 Å². The maximum atomic E-state index is 13.6. The summed E-state index contributed by atoms with van der Waals surface area (Å²) >= 11 is 6.08. The van der Waals surface area contributed by atoms with Crippen molar-refractivity contribution in [3.63, 3.8) is 0 Å². The molecule has 0 saturated heterocycles. The molecule has 1 N–H and O–H groups in total. The average Bonchev–Trinajstić information content (AvgIpc) is 2.84. The zero-order valence-electron chi connectivity index (χ0n) is 18.9. The minimum absolute atomic E-state index is 0.0402. The fourth-order valence-electron chi connectivity index (χ4n) is 3.27. The number of hydrogen-bond donors (Lipinski definition) is 1. The second-order valence-corrected chi connectivity index (χ2v) is 9.51. The smallest absolute Gasteiger partial charge is 0.247 e. The van der Waals surface area contributed by atoms with Gasteiger partial charge in [0, 0.05) is 17.6 Å². The van der Waals surface area contributed by atoms with Crippen LogP contribution in [0, 0.1) is 0 Å². The lowest BCUT2D eigenvalue weighted by molar-refractivity contribution is -0.116. The van der Waals surface area contributed by atoms with Gasteiger partial charge in [0.2, 0.25) is 15.9 Å². The molecular weight excluding hydrogens is 480 g/mol. The molecule has 0 heterocycles. The van der Waals surface area contributed by atoms with Crippen LogP contribution in [0.1, 0.15) is 5.56 Å². The summed E-state index contributed by atoms with van der Waals surface area (Å²) in [6, 6.07) is 18.2. The van der Waals surface area contributed by atoms with Crippen molar-refractivity contribution in [3.8, 4) is 17.2 Å². The standard InChI is InChI=1S/C24H25ClN2O6S/c1-31-19-10-12-21(32-2)20(14-19)26-24(28)16-27(15-17-7-5-4-6-8-17)34(29,30)23-13-18(25)9-11-22(23)33-3/h4-14H,15-16H2,1-3H3,(H,26,28). The van der Waals surface area contributed by atoms with Gasteiger partial charge in [0.25, 0.3) is 0 Å². The first-order chi connectivity index (χ1) is 16.3. The number of amides is 1. The zero-order chi connectivity index (χ0) is 24.7. The number of anilines is 1. The summed E-state index contributed by atoms with van der Waals surface area (Å²) in [5.41, 5.74) is 1.06. The summed E-state index contributed by atoms with van der Waals surface area (Å²) in [7, 11) is 0.161. The Kier molecular flexibility index (Phi) is 8.38. The average molecular weight is 505 g/mol. The summed E-state index contributed by atoms with van der Waals surface area (Å²) in [5.74, 6) is 0.473. The number of carbonyl (C=O) groups excluding carboxylic acids is 1. The molecule has 0 saturated carbocycles. The normalized spacial score (nSPS) is 11.2. The maximum Gasteiger partial charge on any atom is 0.247 e. The van der Waals surface area contributed by atoms with Crippen LogP contribution in [0.4, 0.5) is 5.69 Å². The molecule has 0 aliphatic rings. The van der Waals surface area contributed by atoms with Crippen LogP contribution < -0.4 is 19.5 Å². The Labute approximate surface area is 204 Å². The van der Waals surface area contributed by atoms with Crippen molar-refractivity contribution >= 4 is 33.2 Å². The quantitative estimate of drug-likeness (QED) is 0.445. The fraction of sp³-hybridized carbons (Fsp3) is 0.208. The second-order valence-electron chi connectivity index (χ2n) is 7.17. The van der Waals surface area contributed by atoms with E-state index in [9.17, 15) is 13.2 Å². The number of sulfonamides is 1. The highest BCUT2D eigenvalue weighted by Gasteiger charge is 2.30. The van der Waals surface area contributed by atoms with Crippen LogP contribution >= 0.6 is 11.6 Å². The van der Waals surface area contributed by atoms with Crippen molar-refractivity contribution in [3.05, 3.63) is 77.3 Å². The van der Waals surface area contributed by atoms with Crippen LogP contribution in [0.25, 0.3) is 0 Å². The van der Waals surface area contributed by atoms with Crippen LogP contribution in [0.3, 0.4) is 0 Å². The summed E-state index contributed by atoms with van der Waals surface area (Å²) in [5, 5.41) is 2.94. The lowest BCUT2D eigenvalue weighted by Crippen LogP contribution is -2.37. The predicted molar refractivity (Wildman–Crippen MR) is 130 cm³/mol. The number of methoxy groups -OCH3 is 3. The second kappa shape index (κ2) is 11.2. The lowest BCUT2D eigenvalue weighted by Gasteiger charge is -2.23. The fourth-order valence-corrected chi connectivity index (χ4v) is 5.07. The van der Waals surface area contributed by atoms with E-state index in [1.165, 1.54) is 39.5 Å². The van der Waals surface area contributed by atoms with E-state index in [0.717, 1.165) is 4.31 Å². The third-order valence-electron chi connectivity index (χ3n) is 4.95. The van der Waals surface area contributed by atoms with Crippen LogP contribution in [0.15, 0.2) is 71.6 Å². The molecule has 0 bridgehead atoms. The Morgan fingerprint density at radius 3 is 2.24 bits per heavy atom. The van der Waals surface area contributed by atoms with E-state index in [4.69, 9.17) is 25.8 Å². The molecule has 0 radical (unpaired) electrons. The number of halogens is 1. The van der Waals surface area contributed by atoms with Gasteiger partial charge < -0.3 is 19.5 Å². The van der Waals surface area contributed by atoms with Gasteiger partial charge in [-0.05, 0) is 35.9 Å². The highest BCUT2D eigenvalue weighted by atomic mass is 35.5. The number of benzene rings is 3. The molecule has 3 aromatic carbocycles. The van der Waals surface area contributed by atoms with Gasteiger partial charge in [-0.1, -0.05) is 41.9 Å². The van der Waals surface area contributed by atoms with Crippen LogP contribution in [-0.2, 0) is 21.4 Å². The van der Waals surface area contributed by atoms with Crippen molar-refractivity contribution in [2.75, 3.05) is 33.2 Å². The molecule has 0 aromatic heterocycles. The van der Waals surface area contributed by atoms with Gasteiger partial charge >= 0.3 is 0 Å². The van der Waals surface area contributed by atoms with Crippen molar-refractivity contribution in [2.24, 2.45) is 0 Å². The highest BCUT2D eigenvalue weighted by Crippen LogP contribution is 2.31. The molecule has 0 aliphatic heterocycles. The van der Waals surface area contributed by atoms with E-state index >= 15 is 0 Å². The molecular formula is C24H25ClN2O6S. The van der Waals surface area contributed by atoms with Gasteiger partial charge in [-0.3, -0.25) is 4.79 Å². The van der Waals surface area contributed by atoms with Crippen LogP contribution in [0.2, 0.25) is 5.02 Å². The van der Waals surface area contributed by atoms with Gasteiger partial charge in [-0.15, -0.1) is 0 Å². The molecule has 180 valence electrons. The van der Waals surface area contributed by atoms with Gasteiger partial charge in [0.1, 0.15) is 22.1 Å². The first kappa shape index (κ1) is 25.4. The van der Waals surface area contributed by atoms with E-state index in [1.807, 2.05) is 6.07 Å². The number of rotatable bonds is 10. The van der Waals surface area contributed by atoms with E-state index in [2.05, 4.69) is 5.32 Å². The monoisotopic (exact) mass is 504 g/mol. The molecule has 0 unspecified atom stereocenters. The number of ether oxygens (including phenoxy) is 3. The zero-order valence-corrected chi connectivity index (χ0v) is 20.5. The van der Waals surface area contributed by atoms with E-state index in [1.54, 1.807) is 42.5 Å². The minimum atomic E-state index is -4.17. The highest BCUT2D eigenvalue weighted by molar-refractivity contribution is 7.89. The topological polar surface area (TPSA) is 94.2 Å². The van der Waals surface area contributed by atoms with Crippen molar-refractivity contribution in [2.45, 2.75) is 11.4 Å². The molecule has 0 fully saturated rings. The minimum Gasteiger partial charge on any atom is -0.497 e. The molecule has 3 aromatic rings. The first-order valence-electron chi connectivity index (χ1n) is 10.2. The lowest BCUT2D eigenvalue weighted by atomic mass is 10.2. The third kappa shape index (κ3) is 5.99. The molecule has 34 heavy (non-hydrogen) atoms. The van der Waals surface area contributed by atoms with E-state index < -0.39 is 22.5 Å². The summed E-state index contributed by atoms with van der Waals surface area (Å²) in [6.45, 7) is -0.505. The van der Waals surface area contributed by atoms with E-state index in [0.29, 0.717) is 22.7 Å². The molecule has 3 rings (SSSR count). The Balaban J connectivity index is 1.96. The summed E-state index contributed by atoms with van der Waals surface area (Å²) in [4.78, 5) is 12.9. The van der Waals surface area contributed by atoms with Crippen molar-refractivity contribution < 1.29 is 27.4 Å². The molecule has 0 spiro atoms. The number of nitrogens with one attached hydrogen (secondary N) is 1. The number of nitrogens with zero attached hydrogens (tertiary/aromatic N) is 1. The van der Waals surface area contributed by atoms with Gasteiger partial charge in [-0.2, -0.15) is 4.31 Å². The third-order valence-corrected chi connectivity index (χ3v) is 6.99. The molecule has 0 atom stereocenters. The molecule has 10 heteroatoms. The van der Waals surface area contributed by atoms with Crippen LogP contribution in [0.5, 0.6) is 17.2 Å². The van der Waals surface area contributed by atoms with Crippen LogP contribution in [-0.4, -0.2) is 46.5 Å². The predicted octanol–water partition coefficient (Wildman–Crippen LogP) is 4.20. The Hall–Kier alpha value is -3.27. The Morgan fingerprint density at radius 1 is 0.912 bits per heavy atom. The number of hydrogen-bond acceptors (Lipinski definition) is 6. The first-order valence-corrected chi connectivity index (χ1v) is 12.0. The number of carbonyl (C=O) groups is 1. The van der Waals surface area contributed by atoms with Gasteiger partial charge in [0.05, 0.1) is 33.6 Å². The summed E-state index contributed by atoms with van der Waals surface area (Å²) in [6.07, 6.45) is 0. The van der Waals surface area contributed by atoms with Gasteiger partial charge in [-0.25, -0.2) is 8.42 Å².